The first kappa shape index (κ1) is 19.0. The summed E-state index contributed by atoms with van der Waals surface area (Å²) in [5, 5.41) is 19.4. The van der Waals surface area contributed by atoms with Crippen molar-refractivity contribution in [3.05, 3.63) is 80.1 Å². The molecule has 0 spiro atoms. The molecule has 0 saturated carbocycles. The Morgan fingerprint density at radius 3 is 2.54 bits per heavy atom. The van der Waals surface area contributed by atoms with E-state index in [-0.39, 0.29) is 29.1 Å². The molecule has 0 bridgehead atoms. The van der Waals surface area contributed by atoms with E-state index in [1.54, 1.807) is 18.2 Å². The van der Waals surface area contributed by atoms with E-state index in [4.69, 9.17) is 22.1 Å². The summed E-state index contributed by atoms with van der Waals surface area (Å²) in [6.45, 7) is 2.24. The monoisotopic (exact) mass is 390 g/mol. The van der Waals surface area contributed by atoms with Crippen LogP contribution < -0.4 is 16.0 Å². The number of hydrogen-bond donors (Lipinski definition) is 2. The van der Waals surface area contributed by atoms with Crippen LogP contribution in [0.5, 0.6) is 5.75 Å². The number of benzene rings is 2. The molecule has 2 aromatic carbocycles. The van der Waals surface area contributed by atoms with Crippen molar-refractivity contribution in [1.82, 2.24) is 4.98 Å². The van der Waals surface area contributed by atoms with E-state index >= 15 is 0 Å². The predicted molar refractivity (Wildman–Crippen MR) is 107 cm³/mol. The zero-order valence-electron chi connectivity index (χ0n) is 14.9. The molecule has 0 aliphatic carbocycles. The van der Waals surface area contributed by atoms with E-state index in [0.717, 1.165) is 11.1 Å². The molecular weight excluding hydrogens is 376 g/mol. The first-order valence-corrected chi connectivity index (χ1v) is 8.67. The number of ether oxygens (including phenoxy) is 1. The summed E-state index contributed by atoms with van der Waals surface area (Å²) < 4.78 is 5.96. The van der Waals surface area contributed by atoms with Crippen molar-refractivity contribution in [3.63, 3.8) is 0 Å². The molecule has 0 aliphatic heterocycles. The Balaban J connectivity index is 2.18. The minimum atomic E-state index is -0.682. The number of nitrogens with zero attached hydrogens (tertiary/aromatic N) is 2. The first-order valence-electron chi connectivity index (χ1n) is 8.29. The highest BCUT2D eigenvalue weighted by Crippen LogP contribution is 2.37. The number of aromatic amines is 1. The molecular formula is C21H15ClN4O2. The Bertz CT molecular complexity index is 1200. The van der Waals surface area contributed by atoms with Gasteiger partial charge in [-0.2, -0.15) is 10.5 Å². The van der Waals surface area contributed by atoms with Gasteiger partial charge in [0.25, 0.3) is 5.56 Å². The van der Waals surface area contributed by atoms with Gasteiger partial charge in [0.15, 0.2) is 0 Å². The predicted octanol–water partition coefficient (Wildman–Crippen LogP) is 3.91. The summed E-state index contributed by atoms with van der Waals surface area (Å²) in [5.74, 6) is 0.261. The molecule has 0 atom stereocenters. The number of nitriles is 2. The number of nitrogens with one attached hydrogen (secondary N) is 1. The second-order valence-corrected chi connectivity index (χ2v) is 6.51. The van der Waals surface area contributed by atoms with Crippen molar-refractivity contribution < 1.29 is 4.74 Å². The Kier molecular flexibility index (Phi) is 5.35. The number of nitrogens with two attached hydrogens (primary N) is 1. The maximum Gasteiger partial charge on any atom is 0.268 e. The molecule has 6 nitrogen and oxygen atoms in total. The fourth-order valence-electron chi connectivity index (χ4n) is 2.86. The molecule has 0 unspecified atom stereocenters. The highest BCUT2D eigenvalue weighted by molar-refractivity contribution is 6.31. The van der Waals surface area contributed by atoms with E-state index in [2.05, 4.69) is 4.98 Å². The number of aromatic nitrogens is 1. The number of hydrogen-bond acceptors (Lipinski definition) is 5. The second-order valence-electron chi connectivity index (χ2n) is 6.07. The van der Waals surface area contributed by atoms with Gasteiger partial charge in [-0.1, -0.05) is 35.9 Å². The largest absolute Gasteiger partial charge is 0.488 e. The van der Waals surface area contributed by atoms with Crippen LogP contribution in [0, 0.1) is 29.6 Å². The van der Waals surface area contributed by atoms with Crippen LogP contribution >= 0.6 is 11.6 Å². The summed E-state index contributed by atoms with van der Waals surface area (Å²) >= 11 is 6.14. The Morgan fingerprint density at radius 2 is 1.86 bits per heavy atom. The zero-order valence-corrected chi connectivity index (χ0v) is 15.7. The molecule has 3 N–H and O–H groups in total. The molecule has 3 aromatic rings. The van der Waals surface area contributed by atoms with Crippen LogP contribution in [0.3, 0.4) is 0 Å². The Hall–Kier alpha value is -3.74. The van der Waals surface area contributed by atoms with E-state index in [1.165, 1.54) is 0 Å². The second kappa shape index (κ2) is 7.87. The quantitative estimate of drug-likeness (QED) is 0.700. The fourth-order valence-corrected chi connectivity index (χ4v) is 3.04. The van der Waals surface area contributed by atoms with Gasteiger partial charge in [-0.3, -0.25) is 4.79 Å². The molecule has 1 heterocycles. The summed E-state index contributed by atoms with van der Waals surface area (Å²) in [5.41, 5.74) is 7.38. The van der Waals surface area contributed by atoms with Crippen molar-refractivity contribution in [2.45, 2.75) is 13.5 Å². The van der Waals surface area contributed by atoms with E-state index in [0.29, 0.717) is 16.3 Å². The Labute approximate surface area is 166 Å². The summed E-state index contributed by atoms with van der Waals surface area (Å²) in [7, 11) is 0. The molecule has 1 aromatic heterocycles. The lowest BCUT2D eigenvalue weighted by Gasteiger charge is -2.15. The van der Waals surface area contributed by atoms with E-state index < -0.39 is 5.56 Å². The van der Waals surface area contributed by atoms with Gasteiger partial charge in [-0.25, -0.2) is 0 Å². The minimum Gasteiger partial charge on any atom is -0.488 e. The van der Waals surface area contributed by atoms with Crippen molar-refractivity contribution in [2.24, 2.45) is 0 Å². The molecule has 138 valence electrons. The molecule has 3 rings (SSSR count). The van der Waals surface area contributed by atoms with Crippen LogP contribution in [0.15, 0.2) is 47.3 Å². The third kappa shape index (κ3) is 3.55. The average Bonchev–Trinajstić information content (AvgIpc) is 2.67. The average molecular weight is 391 g/mol. The van der Waals surface area contributed by atoms with Crippen LogP contribution in [0.4, 0.5) is 5.82 Å². The van der Waals surface area contributed by atoms with Gasteiger partial charge >= 0.3 is 0 Å². The number of anilines is 1. The van der Waals surface area contributed by atoms with Crippen molar-refractivity contribution in [1.29, 1.82) is 10.5 Å². The molecule has 28 heavy (non-hydrogen) atoms. The molecule has 7 heteroatoms. The lowest BCUT2D eigenvalue weighted by Crippen LogP contribution is -2.16. The van der Waals surface area contributed by atoms with Gasteiger partial charge in [0.05, 0.1) is 0 Å². The SMILES string of the molecule is Cc1ccccc1COc1ccc(Cl)cc1-c1c(C#N)c(N)[nH]c(=O)c1C#N. The van der Waals surface area contributed by atoms with E-state index in [9.17, 15) is 15.3 Å². The number of aryl methyl sites for hydroxylation is 1. The van der Waals surface area contributed by atoms with Crippen molar-refractivity contribution in [3.8, 4) is 29.0 Å². The maximum absolute atomic E-state index is 12.2. The number of nitrogen functional groups attached to an aromatic ring is 1. The topological polar surface area (TPSA) is 116 Å². The minimum absolute atomic E-state index is 0.0147. The van der Waals surface area contributed by atoms with Gasteiger partial charge in [-0.05, 0) is 36.2 Å². The summed E-state index contributed by atoms with van der Waals surface area (Å²) in [6, 6.07) is 16.4. The summed E-state index contributed by atoms with van der Waals surface area (Å²) in [4.78, 5) is 14.5. The lowest BCUT2D eigenvalue weighted by molar-refractivity contribution is 0.306. The third-order valence-corrected chi connectivity index (χ3v) is 4.56. The third-order valence-electron chi connectivity index (χ3n) is 4.32. The molecule has 0 amide bonds. The standard InChI is InChI=1S/C21H15ClN4O2/c1-12-4-2-3-5-13(12)11-28-18-7-6-14(22)8-15(18)19-16(9-23)20(25)26-21(27)17(19)10-24/h2-8H,11H2,1H3,(H3,25,26,27). The zero-order chi connectivity index (χ0) is 20.3. The van der Waals surface area contributed by atoms with E-state index in [1.807, 2.05) is 43.3 Å². The fraction of sp³-hybridized carbons (Fsp3) is 0.0952. The number of pyridine rings is 1. The number of H-pyrrole nitrogens is 1. The van der Waals surface area contributed by atoms with Gasteiger partial charge < -0.3 is 15.5 Å². The first-order chi connectivity index (χ1) is 13.5. The number of halogens is 1. The maximum atomic E-state index is 12.2. The highest BCUT2D eigenvalue weighted by atomic mass is 35.5. The molecule has 0 radical (unpaired) electrons. The lowest BCUT2D eigenvalue weighted by atomic mass is 9.96. The van der Waals surface area contributed by atoms with Gasteiger partial charge in [0, 0.05) is 16.1 Å². The Morgan fingerprint density at radius 1 is 1.14 bits per heavy atom. The highest BCUT2D eigenvalue weighted by Gasteiger charge is 2.21. The normalized spacial score (nSPS) is 10.1. The van der Waals surface area contributed by atoms with Crippen molar-refractivity contribution >= 4 is 17.4 Å². The smallest absolute Gasteiger partial charge is 0.268 e. The molecule has 0 saturated heterocycles. The summed E-state index contributed by atoms with van der Waals surface area (Å²) in [6.07, 6.45) is 0. The van der Waals surface area contributed by atoms with Gasteiger partial charge in [0.1, 0.15) is 41.4 Å². The van der Waals surface area contributed by atoms with Gasteiger partial charge in [0.2, 0.25) is 0 Å². The van der Waals surface area contributed by atoms with Gasteiger partial charge in [-0.15, -0.1) is 0 Å². The van der Waals surface area contributed by atoms with Crippen LogP contribution in [0.1, 0.15) is 22.3 Å². The van der Waals surface area contributed by atoms with Crippen LogP contribution in [0.2, 0.25) is 5.02 Å². The molecule has 0 fully saturated rings. The van der Waals surface area contributed by atoms with Crippen LogP contribution in [-0.2, 0) is 6.61 Å². The van der Waals surface area contributed by atoms with Crippen molar-refractivity contribution in [2.75, 3.05) is 5.73 Å². The number of rotatable bonds is 4. The van der Waals surface area contributed by atoms with Crippen LogP contribution in [-0.4, -0.2) is 4.98 Å². The van der Waals surface area contributed by atoms with Crippen LogP contribution in [0.25, 0.3) is 11.1 Å². The molecule has 0 aliphatic rings.